The number of β-amino-alcohol motifs (C(OH)–C–C–N with tert-alkyl or cyclic N) is 2. The van der Waals surface area contributed by atoms with Gasteiger partial charge in [-0.3, -0.25) is 0 Å². The zero-order chi connectivity index (χ0) is 10.1. The predicted octanol–water partition coefficient (Wildman–Crippen LogP) is -0.673. The molecule has 0 bridgehead atoms. The minimum Gasteiger partial charge on any atom is -0.388 e. The van der Waals surface area contributed by atoms with Crippen LogP contribution in [0.2, 0.25) is 0 Å². The summed E-state index contributed by atoms with van der Waals surface area (Å²) in [7, 11) is 0. The van der Waals surface area contributed by atoms with Crippen LogP contribution in [-0.4, -0.2) is 45.5 Å². The van der Waals surface area contributed by atoms with Crippen LogP contribution < -0.4 is 4.90 Å². The second-order valence-corrected chi connectivity index (χ2v) is 3.54. The molecule has 0 aromatic carbocycles. The summed E-state index contributed by atoms with van der Waals surface area (Å²) in [5.41, 5.74) is 0.880. The summed E-state index contributed by atoms with van der Waals surface area (Å²) in [5.74, 6) is 0.570. The summed E-state index contributed by atoms with van der Waals surface area (Å²) in [6.07, 6.45) is 0.285. The van der Waals surface area contributed by atoms with Gasteiger partial charge in [-0.2, -0.15) is 0 Å². The van der Waals surface area contributed by atoms with Gasteiger partial charge in [0, 0.05) is 25.0 Å². The minimum atomic E-state index is -0.695. The van der Waals surface area contributed by atoms with E-state index in [2.05, 4.69) is 9.97 Å². The molecule has 2 heterocycles. The first kappa shape index (κ1) is 9.36. The maximum atomic E-state index is 9.35. The Hall–Kier alpha value is -1.20. The fraction of sp³-hybridized carbons (Fsp3) is 0.556. The number of hydrogen-bond acceptors (Lipinski definition) is 5. The van der Waals surface area contributed by atoms with Crippen LogP contribution in [0.4, 0.5) is 5.95 Å². The smallest absolute Gasteiger partial charge is 0.225 e. The Balaban J connectivity index is 2.17. The van der Waals surface area contributed by atoms with Crippen LogP contribution in [-0.2, 0) is 0 Å². The quantitative estimate of drug-likeness (QED) is 0.621. The molecule has 0 saturated carbocycles. The molecule has 2 N–H and O–H groups in total. The molecule has 5 heteroatoms. The minimum absolute atomic E-state index is 0.393. The first-order valence-corrected chi connectivity index (χ1v) is 4.57. The lowest BCUT2D eigenvalue weighted by Gasteiger charge is -2.14. The largest absolute Gasteiger partial charge is 0.388 e. The third-order valence-electron chi connectivity index (χ3n) is 2.32. The van der Waals surface area contributed by atoms with E-state index in [9.17, 15) is 10.2 Å². The third-order valence-corrected chi connectivity index (χ3v) is 2.32. The summed E-state index contributed by atoms with van der Waals surface area (Å²) < 4.78 is 0. The van der Waals surface area contributed by atoms with Gasteiger partial charge < -0.3 is 15.1 Å². The van der Waals surface area contributed by atoms with Crippen molar-refractivity contribution in [2.75, 3.05) is 18.0 Å². The molecule has 1 aromatic rings. The fourth-order valence-electron chi connectivity index (χ4n) is 1.52. The van der Waals surface area contributed by atoms with E-state index < -0.39 is 12.2 Å². The molecule has 0 radical (unpaired) electrons. The third kappa shape index (κ3) is 1.69. The molecule has 0 amide bonds. The average Bonchev–Trinajstić information content (AvgIpc) is 2.47. The van der Waals surface area contributed by atoms with Crippen LogP contribution in [0.25, 0.3) is 0 Å². The Morgan fingerprint density at radius 1 is 1.36 bits per heavy atom. The Morgan fingerprint density at radius 3 is 2.57 bits per heavy atom. The van der Waals surface area contributed by atoms with Crippen molar-refractivity contribution in [1.29, 1.82) is 0 Å². The van der Waals surface area contributed by atoms with Gasteiger partial charge in [0.25, 0.3) is 0 Å². The lowest BCUT2D eigenvalue weighted by atomic mass is 10.3. The van der Waals surface area contributed by atoms with Crippen molar-refractivity contribution in [3.63, 3.8) is 0 Å². The van der Waals surface area contributed by atoms with Gasteiger partial charge in [0.15, 0.2) is 0 Å². The molecule has 0 spiro atoms. The molecule has 76 valence electrons. The normalized spacial score (nSPS) is 26.9. The average molecular weight is 195 g/mol. The van der Waals surface area contributed by atoms with Gasteiger partial charge in [-0.05, 0) is 13.0 Å². The van der Waals surface area contributed by atoms with Crippen molar-refractivity contribution in [2.24, 2.45) is 0 Å². The van der Waals surface area contributed by atoms with E-state index in [4.69, 9.17) is 0 Å². The Morgan fingerprint density at radius 2 is 2.00 bits per heavy atom. The lowest BCUT2D eigenvalue weighted by molar-refractivity contribution is 0.0572. The maximum Gasteiger partial charge on any atom is 0.225 e. The number of anilines is 1. The van der Waals surface area contributed by atoms with Gasteiger partial charge in [0.05, 0.1) is 12.2 Å². The molecule has 2 atom stereocenters. The molecular weight excluding hydrogens is 182 g/mol. The summed E-state index contributed by atoms with van der Waals surface area (Å²) >= 11 is 0. The molecular formula is C9H13N3O2. The van der Waals surface area contributed by atoms with E-state index in [0.29, 0.717) is 19.0 Å². The number of nitrogens with zero attached hydrogens (tertiary/aromatic N) is 3. The summed E-state index contributed by atoms with van der Waals surface area (Å²) in [6, 6.07) is 1.81. The van der Waals surface area contributed by atoms with E-state index >= 15 is 0 Å². The highest BCUT2D eigenvalue weighted by Gasteiger charge is 2.30. The van der Waals surface area contributed by atoms with Crippen molar-refractivity contribution in [3.8, 4) is 0 Å². The standard InChI is InChI=1S/C9H13N3O2/c1-6-2-3-10-9(11-6)12-4-7(13)8(14)5-12/h2-3,7-8,13-14H,4-5H2,1H3. The molecule has 14 heavy (non-hydrogen) atoms. The van der Waals surface area contributed by atoms with Crippen LogP contribution in [0.1, 0.15) is 5.69 Å². The number of hydrogen-bond donors (Lipinski definition) is 2. The van der Waals surface area contributed by atoms with Crippen molar-refractivity contribution in [1.82, 2.24) is 9.97 Å². The molecule has 1 aliphatic heterocycles. The highest BCUT2D eigenvalue weighted by molar-refractivity contribution is 5.33. The molecule has 1 aromatic heterocycles. The molecule has 0 aliphatic carbocycles. The molecule has 1 fully saturated rings. The number of aliphatic hydroxyl groups excluding tert-OH is 2. The van der Waals surface area contributed by atoms with Crippen LogP contribution >= 0.6 is 0 Å². The van der Waals surface area contributed by atoms with Crippen LogP contribution in [0.3, 0.4) is 0 Å². The molecule has 5 nitrogen and oxygen atoms in total. The lowest BCUT2D eigenvalue weighted by Crippen LogP contribution is -2.23. The van der Waals surface area contributed by atoms with E-state index in [1.807, 2.05) is 13.0 Å². The number of rotatable bonds is 1. The van der Waals surface area contributed by atoms with E-state index in [0.717, 1.165) is 5.69 Å². The van der Waals surface area contributed by atoms with Crippen molar-refractivity contribution < 1.29 is 10.2 Å². The number of aliphatic hydroxyl groups is 2. The van der Waals surface area contributed by atoms with Gasteiger partial charge >= 0.3 is 0 Å². The number of aryl methyl sites for hydroxylation is 1. The van der Waals surface area contributed by atoms with E-state index in [1.165, 1.54) is 0 Å². The van der Waals surface area contributed by atoms with E-state index in [1.54, 1.807) is 11.1 Å². The van der Waals surface area contributed by atoms with Crippen LogP contribution in [0, 0.1) is 6.92 Å². The monoisotopic (exact) mass is 195 g/mol. The topological polar surface area (TPSA) is 69.5 Å². The molecule has 1 saturated heterocycles. The van der Waals surface area contributed by atoms with Gasteiger partial charge in [-0.1, -0.05) is 0 Å². The zero-order valence-corrected chi connectivity index (χ0v) is 7.96. The first-order chi connectivity index (χ1) is 6.66. The zero-order valence-electron chi connectivity index (χ0n) is 7.96. The first-order valence-electron chi connectivity index (χ1n) is 4.57. The highest BCUT2D eigenvalue weighted by Crippen LogP contribution is 2.16. The van der Waals surface area contributed by atoms with E-state index in [-0.39, 0.29) is 0 Å². The number of aromatic nitrogens is 2. The fourth-order valence-corrected chi connectivity index (χ4v) is 1.52. The van der Waals surface area contributed by atoms with Crippen LogP contribution in [0.5, 0.6) is 0 Å². The van der Waals surface area contributed by atoms with Gasteiger partial charge in [-0.25, -0.2) is 9.97 Å². The van der Waals surface area contributed by atoms with Crippen molar-refractivity contribution in [2.45, 2.75) is 19.1 Å². The molecule has 1 aliphatic rings. The second kappa shape index (κ2) is 3.51. The molecule has 2 unspecified atom stereocenters. The summed E-state index contributed by atoms with van der Waals surface area (Å²) in [4.78, 5) is 10.1. The van der Waals surface area contributed by atoms with Gasteiger partial charge in [0.1, 0.15) is 0 Å². The highest BCUT2D eigenvalue weighted by atomic mass is 16.3. The predicted molar refractivity (Wildman–Crippen MR) is 51.0 cm³/mol. The SMILES string of the molecule is Cc1ccnc(N2CC(O)C(O)C2)n1. The van der Waals surface area contributed by atoms with Gasteiger partial charge in [0.2, 0.25) is 5.95 Å². The molecule has 2 rings (SSSR count). The van der Waals surface area contributed by atoms with Crippen molar-refractivity contribution >= 4 is 5.95 Å². The summed E-state index contributed by atoms with van der Waals surface area (Å²) in [6.45, 7) is 2.67. The second-order valence-electron chi connectivity index (χ2n) is 3.54. The Kier molecular flexibility index (Phi) is 2.35. The van der Waals surface area contributed by atoms with Crippen LogP contribution in [0.15, 0.2) is 12.3 Å². The maximum absolute atomic E-state index is 9.35. The Labute approximate surface area is 82.0 Å². The summed E-state index contributed by atoms with van der Waals surface area (Å²) in [5, 5.41) is 18.7. The van der Waals surface area contributed by atoms with Gasteiger partial charge in [-0.15, -0.1) is 0 Å². The Bertz CT molecular complexity index is 322. The van der Waals surface area contributed by atoms with Crippen molar-refractivity contribution in [3.05, 3.63) is 18.0 Å².